The molecule has 146 valence electrons. The average molecular weight is 383 g/mol. The summed E-state index contributed by atoms with van der Waals surface area (Å²) < 4.78 is 0. The Kier molecular flexibility index (Phi) is 4.70. The van der Waals surface area contributed by atoms with Crippen LogP contribution in [0.15, 0.2) is 24.3 Å². The fraction of sp³-hybridized carbons (Fsp3) is 0.450. The molecule has 5 amide bonds. The molecule has 3 fully saturated rings. The molecule has 0 spiro atoms. The summed E-state index contributed by atoms with van der Waals surface area (Å²) in [5, 5.41) is 0. The average Bonchev–Trinajstić information content (AvgIpc) is 3.40. The number of urea groups is 1. The van der Waals surface area contributed by atoms with Crippen LogP contribution in [0.25, 0.3) is 0 Å². The largest absolute Gasteiger partial charge is 0.334 e. The Morgan fingerprint density at radius 3 is 2.21 bits per heavy atom. The molecule has 28 heavy (non-hydrogen) atoms. The van der Waals surface area contributed by atoms with E-state index in [1.165, 1.54) is 0 Å². The van der Waals surface area contributed by atoms with Gasteiger partial charge < -0.3 is 4.90 Å². The normalized spacial score (nSPS) is 20.8. The highest BCUT2D eigenvalue weighted by Gasteiger charge is 2.48. The Bertz CT molecular complexity index is 857. The number of ketones is 1. The number of rotatable bonds is 5. The molecule has 0 aromatic heterocycles. The van der Waals surface area contributed by atoms with E-state index in [2.05, 4.69) is 0 Å². The number of imide groups is 2. The first-order valence-corrected chi connectivity index (χ1v) is 9.60. The van der Waals surface area contributed by atoms with Gasteiger partial charge in [-0.1, -0.05) is 12.8 Å². The molecule has 0 N–H and O–H groups in total. The lowest BCUT2D eigenvalue weighted by molar-refractivity contribution is -0.143. The van der Waals surface area contributed by atoms with Crippen LogP contribution >= 0.6 is 0 Å². The number of benzene rings is 1. The molecule has 8 heteroatoms. The maximum Gasteiger partial charge on any atom is 0.334 e. The first-order chi connectivity index (χ1) is 13.5. The van der Waals surface area contributed by atoms with Crippen molar-refractivity contribution >= 4 is 35.2 Å². The minimum atomic E-state index is -0.940. The molecule has 1 saturated carbocycles. The van der Waals surface area contributed by atoms with Gasteiger partial charge in [-0.15, -0.1) is 0 Å². The van der Waals surface area contributed by atoms with Crippen LogP contribution in [-0.4, -0.2) is 58.5 Å². The number of hydrogen-bond donors (Lipinski definition) is 0. The fourth-order valence-corrected chi connectivity index (χ4v) is 4.13. The molecule has 1 aromatic carbocycles. The first kappa shape index (κ1) is 18.3. The number of Topliss-reactive ketones (excluding diaryl/α,β-unsaturated/α-hetero) is 1. The van der Waals surface area contributed by atoms with Gasteiger partial charge >= 0.3 is 17.8 Å². The maximum atomic E-state index is 12.6. The molecular weight excluding hydrogens is 362 g/mol. The van der Waals surface area contributed by atoms with Gasteiger partial charge in [-0.3, -0.25) is 24.1 Å². The van der Waals surface area contributed by atoms with Gasteiger partial charge in [0, 0.05) is 30.3 Å². The quantitative estimate of drug-likeness (QED) is 0.438. The van der Waals surface area contributed by atoms with Crippen LogP contribution in [-0.2, 0) is 14.4 Å². The Morgan fingerprint density at radius 2 is 1.61 bits per heavy atom. The summed E-state index contributed by atoms with van der Waals surface area (Å²) in [6.45, 7) is 0.191. The smallest absolute Gasteiger partial charge is 0.312 e. The highest BCUT2D eigenvalue weighted by Crippen LogP contribution is 2.28. The van der Waals surface area contributed by atoms with Crippen LogP contribution in [0.1, 0.15) is 48.9 Å². The zero-order valence-electron chi connectivity index (χ0n) is 15.4. The Hall–Kier alpha value is -3.03. The second kappa shape index (κ2) is 7.18. The molecule has 0 atom stereocenters. The third-order valence-electron chi connectivity index (χ3n) is 5.65. The van der Waals surface area contributed by atoms with Crippen molar-refractivity contribution in [3.05, 3.63) is 29.8 Å². The molecule has 0 bridgehead atoms. The third kappa shape index (κ3) is 3.08. The van der Waals surface area contributed by atoms with E-state index < -0.39 is 30.2 Å². The summed E-state index contributed by atoms with van der Waals surface area (Å²) in [7, 11) is 0. The lowest BCUT2D eigenvalue weighted by atomic mass is 10.1. The predicted molar refractivity (Wildman–Crippen MR) is 98.6 cm³/mol. The fourth-order valence-electron chi connectivity index (χ4n) is 4.13. The Labute approximate surface area is 162 Å². The Morgan fingerprint density at radius 1 is 0.929 bits per heavy atom. The van der Waals surface area contributed by atoms with Crippen molar-refractivity contribution < 1.29 is 24.0 Å². The van der Waals surface area contributed by atoms with Crippen LogP contribution in [0.5, 0.6) is 0 Å². The van der Waals surface area contributed by atoms with E-state index in [9.17, 15) is 24.0 Å². The van der Waals surface area contributed by atoms with Crippen LogP contribution in [0, 0.1) is 0 Å². The van der Waals surface area contributed by atoms with E-state index in [0.717, 1.165) is 34.7 Å². The number of carbonyl (C=O) groups excluding carboxylic acids is 5. The van der Waals surface area contributed by atoms with Gasteiger partial charge in [-0.2, -0.15) is 0 Å². The van der Waals surface area contributed by atoms with Crippen LogP contribution < -0.4 is 4.90 Å². The van der Waals surface area contributed by atoms with Gasteiger partial charge in [-0.25, -0.2) is 9.69 Å². The maximum absolute atomic E-state index is 12.6. The first-order valence-electron chi connectivity index (χ1n) is 9.60. The summed E-state index contributed by atoms with van der Waals surface area (Å²) in [4.78, 5) is 64.8. The van der Waals surface area contributed by atoms with Crippen LogP contribution in [0.3, 0.4) is 0 Å². The van der Waals surface area contributed by atoms with Crippen LogP contribution in [0.2, 0.25) is 0 Å². The van der Waals surface area contributed by atoms with Gasteiger partial charge in [-0.05, 0) is 43.5 Å². The van der Waals surface area contributed by atoms with Crippen molar-refractivity contribution in [2.45, 2.75) is 44.6 Å². The lowest BCUT2D eigenvalue weighted by Gasteiger charge is -2.21. The number of anilines is 1. The van der Waals surface area contributed by atoms with Crippen molar-refractivity contribution in [3.63, 3.8) is 0 Å². The summed E-state index contributed by atoms with van der Waals surface area (Å²) in [5.74, 6) is -2.16. The van der Waals surface area contributed by atoms with Gasteiger partial charge in [0.15, 0.2) is 5.78 Å². The third-order valence-corrected chi connectivity index (χ3v) is 5.65. The van der Waals surface area contributed by atoms with Crippen LogP contribution in [0.4, 0.5) is 10.5 Å². The van der Waals surface area contributed by atoms with Gasteiger partial charge in [0.25, 0.3) is 0 Å². The summed E-state index contributed by atoms with van der Waals surface area (Å²) in [5.41, 5.74) is 1.04. The number of hydrogen-bond acceptors (Lipinski definition) is 5. The Balaban J connectivity index is 1.45. The second-order valence-electron chi connectivity index (χ2n) is 7.41. The highest BCUT2D eigenvalue weighted by molar-refractivity contribution is 6.45. The number of nitrogens with zero attached hydrogens (tertiary/aromatic N) is 3. The van der Waals surface area contributed by atoms with E-state index in [1.54, 1.807) is 29.2 Å². The summed E-state index contributed by atoms with van der Waals surface area (Å²) >= 11 is 0. The number of amides is 5. The van der Waals surface area contributed by atoms with Crippen molar-refractivity contribution in [3.8, 4) is 0 Å². The molecule has 0 radical (unpaired) electrons. The van der Waals surface area contributed by atoms with E-state index in [4.69, 9.17) is 0 Å². The molecule has 2 heterocycles. The minimum Gasteiger partial charge on any atom is -0.312 e. The van der Waals surface area contributed by atoms with E-state index in [1.807, 2.05) is 0 Å². The summed E-state index contributed by atoms with van der Waals surface area (Å²) in [6.07, 6.45) is 4.56. The zero-order valence-corrected chi connectivity index (χ0v) is 15.4. The topological polar surface area (TPSA) is 95.1 Å². The van der Waals surface area contributed by atoms with Gasteiger partial charge in [0.1, 0.15) is 0 Å². The van der Waals surface area contributed by atoms with Crippen molar-refractivity contribution in [1.82, 2.24) is 9.80 Å². The van der Waals surface area contributed by atoms with E-state index >= 15 is 0 Å². The van der Waals surface area contributed by atoms with Crippen molar-refractivity contribution in [1.29, 1.82) is 0 Å². The molecule has 2 saturated heterocycles. The number of carbonyl (C=O) groups is 5. The van der Waals surface area contributed by atoms with Crippen molar-refractivity contribution in [2.75, 3.05) is 18.0 Å². The lowest BCUT2D eigenvalue weighted by Crippen LogP contribution is -2.41. The minimum absolute atomic E-state index is 0.0536. The SMILES string of the molecule is O=C(CN1C(=O)C(=O)N(C2CCCC2)C1=O)c1ccc(N2CCCC2=O)cc1. The van der Waals surface area contributed by atoms with E-state index in [0.29, 0.717) is 31.4 Å². The molecular formula is C20H21N3O5. The van der Waals surface area contributed by atoms with Crippen molar-refractivity contribution in [2.24, 2.45) is 0 Å². The molecule has 2 aliphatic heterocycles. The predicted octanol–water partition coefficient (Wildman–Crippen LogP) is 1.73. The van der Waals surface area contributed by atoms with Gasteiger partial charge in [0.05, 0.1) is 6.54 Å². The zero-order chi connectivity index (χ0) is 19.8. The van der Waals surface area contributed by atoms with E-state index in [-0.39, 0.29) is 11.9 Å². The standard InChI is InChI=1S/C20H21N3O5/c24-16(13-7-9-14(10-8-13)21-11-3-6-17(21)25)12-22-18(26)19(27)23(20(22)28)15-4-1-2-5-15/h7-10,15H,1-6,11-12H2. The summed E-state index contributed by atoms with van der Waals surface area (Å²) in [6, 6.07) is 5.56. The molecule has 8 nitrogen and oxygen atoms in total. The molecule has 1 aromatic rings. The molecule has 3 aliphatic rings. The van der Waals surface area contributed by atoms with Gasteiger partial charge in [0.2, 0.25) is 5.91 Å². The second-order valence-corrected chi connectivity index (χ2v) is 7.41. The highest BCUT2D eigenvalue weighted by atomic mass is 16.2. The molecule has 0 unspecified atom stereocenters. The molecule has 4 rings (SSSR count). The monoisotopic (exact) mass is 383 g/mol. The molecule has 1 aliphatic carbocycles.